The normalized spacial score (nSPS) is 11.2. The molecule has 180 valence electrons. The third-order valence-corrected chi connectivity index (χ3v) is 4.93. The van der Waals surface area contributed by atoms with Crippen molar-refractivity contribution >= 4 is 23.6 Å². The molecule has 0 saturated carbocycles. The first-order valence-corrected chi connectivity index (χ1v) is 11.0. The van der Waals surface area contributed by atoms with Crippen LogP contribution in [0.15, 0.2) is 53.0 Å². The minimum atomic E-state index is -2.96. The van der Waals surface area contributed by atoms with Crippen LogP contribution in [-0.4, -0.2) is 40.8 Å². The molecule has 10 heteroatoms. The van der Waals surface area contributed by atoms with Gasteiger partial charge in [-0.15, -0.1) is 10.2 Å². The van der Waals surface area contributed by atoms with Gasteiger partial charge in [-0.2, -0.15) is 8.78 Å². The van der Waals surface area contributed by atoms with Crippen LogP contribution in [0.3, 0.4) is 0 Å². The van der Waals surface area contributed by atoms with E-state index in [0.29, 0.717) is 22.7 Å². The van der Waals surface area contributed by atoms with E-state index in [-0.39, 0.29) is 42.3 Å². The highest BCUT2D eigenvalue weighted by Gasteiger charge is 2.17. The van der Waals surface area contributed by atoms with Crippen molar-refractivity contribution in [3.8, 4) is 23.0 Å². The molecule has 0 radical (unpaired) electrons. The lowest BCUT2D eigenvalue weighted by Gasteiger charge is -2.18. The summed E-state index contributed by atoms with van der Waals surface area (Å²) in [5, 5.41) is 8.55. The summed E-state index contributed by atoms with van der Waals surface area (Å²) in [5.41, 5.74) is 1.20. The molecule has 0 unspecified atom stereocenters. The average molecular weight is 492 g/mol. The molecule has 0 aliphatic rings. The van der Waals surface area contributed by atoms with Gasteiger partial charge >= 0.3 is 6.61 Å². The molecule has 0 aliphatic carbocycles. The van der Waals surface area contributed by atoms with Crippen molar-refractivity contribution in [3.63, 3.8) is 0 Å². The van der Waals surface area contributed by atoms with Crippen molar-refractivity contribution < 1.29 is 27.5 Å². The summed E-state index contributed by atoms with van der Waals surface area (Å²) >= 11 is 6.18. The van der Waals surface area contributed by atoms with Crippen molar-refractivity contribution in [2.24, 2.45) is 0 Å². The van der Waals surface area contributed by atoms with E-state index in [4.69, 9.17) is 20.8 Å². The maximum absolute atomic E-state index is 12.8. The predicted molar refractivity (Wildman–Crippen MR) is 124 cm³/mol. The number of alkyl halides is 2. The molecule has 3 aromatic rings. The standard InChI is InChI=1S/C24H24ClF2N3O4/c1-3-13-30(15-21-28-29-23(34-21)17-7-5-6-8-18(17)25)22(31)12-10-16-9-11-19(33-24(26)27)20(14-16)32-4-2/h5-12,14,24H,3-4,13,15H2,1-2H3/b12-10+. The lowest BCUT2D eigenvalue weighted by atomic mass is 10.2. The highest BCUT2D eigenvalue weighted by molar-refractivity contribution is 6.33. The molecular weight excluding hydrogens is 468 g/mol. The van der Waals surface area contributed by atoms with E-state index in [1.54, 1.807) is 42.2 Å². The number of hydrogen-bond acceptors (Lipinski definition) is 6. The van der Waals surface area contributed by atoms with Gasteiger partial charge in [-0.05, 0) is 49.2 Å². The van der Waals surface area contributed by atoms with E-state index in [1.165, 1.54) is 18.2 Å². The number of halogens is 3. The molecule has 1 heterocycles. The summed E-state index contributed by atoms with van der Waals surface area (Å²) in [6.07, 6.45) is 3.68. The van der Waals surface area contributed by atoms with Crippen molar-refractivity contribution in [2.45, 2.75) is 33.4 Å². The lowest BCUT2D eigenvalue weighted by molar-refractivity contribution is -0.126. The van der Waals surface area contributed by atoms with Gasteiger partial charge in [0.2, 0.25) is 17.7 Å². The van der Waals surface area contributed by atoms with Crippen LogP contribution < -0.4 is 9.47 Å². The molecule has 2 aromatic carbocycles. The summed E-state index contributed by atoms with van der Waals surface area (Å²) in [4.78, 5) is 14.4. The monoisotopic (exact) mass is 491 g/mol. The zero-order chi connectivity index (χ0) is 24.5. The molecule has 1 amide bonds. The van der Waals surface area contributed by atoms with Crippen LogP contribution in [0.25, 0.3) is 17.5 Å². The number of hydrogen-bond donors (Lipinski definition) is 0. The third kappa shape index (κ3) is 6.77. The molecule has 0 aliphatic heterocycles. The highest BCUT2D eigenvalue weighted by atomic mass is 35.5. The van der Waals surface area contributed by atoms with Gasteiger partial charge in [-0.1, -0.05) is 36.7 Å². The van der Waals surface area contributed by atoms with Crippen LogP contribution >= 0.6 is 11.6 Å². The van der Waals surface area contributed by atoms with Crippen LogP contribution in [-0.2, 0) is 11.3 Å². The van der Waals surface area contributed by atoms with Gasteiger partial charge in [0.15, 0.2) is 11.5 Å². The van der Waals surface area contributed by atoms with Gasteiger partial charge in [0.05, 0.1) is 23.7 Å². The first-order chi connectivity index (χ1) is 16.4. The highest BCUT2D eigenvalue weighted by Crippen LogP contribution is 2.30. The number of aromatic nitrogens is 2. The average Bonchev–Trinajstić information content (AvgIpc) is 3.27. The first kappa shape index (κ1) is 25.2. The molecule has 0 saturated heterocycles. The number of benzene rings is 2. The van der Waals surface area contributed by atoms with Gasteiger partial charge in [-0.25, -0.2) is 0 Å². The van der Waals surface area contributed by atoms with E-state index in [9.17, 15) is 13.6 Å². The van der Waals surface area contributed by atoms with E-state index < -0.39 is 6.61 Å². The minimum Gasteiger partial charge on any atom is -0.490 e. The Morgan fingerprint density at radius 1 is 1.18 bits per heavy atom. The largest absolute Gasteiger partial charge is 0.490 e. The molecule has 34 heavy (non-hydrogen) atoms. The smallest absolute Gasteiger partial charge is 0.387 e. The molecule has 0 N–H and O–H groups in total. The van der Waals surface area contributed by atoms with E-state index in [1.807, 2.05) is 13.0 Å². The third-order valence-electron chi connectivity index (χ3n) is 4.60. The maximum Gasteiger partial charge on any atom is 0.387 e. The number of ether oxygens (including phenoxy) is 2. The molecule has 7 nitrogen and oxygen atoms in total. The summed E-state index contributed by atoms with van der Waals surface area (Å²) in [6.45, 7) is 1.58. The Hall–Kier alpha value is -3.46. The number of amides is 1. The maximum atomic E-state index is 12.8. The Kier molecular flexibility index (Phi) is 8.98. The Balaban J connectivity index is 1.73. The zero-order valence-electron chi connectivity index (χ0n) is 18.7. The van der Waals surface area contributed by atoms with Crippen LogP contribution in [0.5, 0.6) is 11.5 Å². The number of rotatable bonds is 11. The number of carbonyl (C=O) groups excluding carboxylic acids is 1. The Bertz CT molecular complexity index is 1140. The molecule has 0 spiro atoms. The topological polar surface area (TPSA) is 77.7 Å². The van der Waals surface area contributed by atoms with E-state index in [0.717, 1.165) is 6.42 Å². The van der Waals surface area contributed by atoms with Gasteiger partial charge in [-0.3, -0.25) is 4.79 Å². The molecule has 0 bridgehead atoms. The van der Waals surface area contributed by atoms with Gasteiger partial charge < -0.3 is 18.8 Å². The van der Waals surface area contributed by atoms with Gasteiger partial charge in [0.1, 0.15) is 0 Å². The Morgan fingerprint density at radius 2 is 1.97 bits per heavy atom. The molecular formula is C24H24ClF2N3O4. The Labute approximate surface area is 200 Å². The second kappa shape index (κ2) is 12.1. The fraction of sp³-hybridized carbons (Fsp3) is 0.292. The molecule has 3 rings (SSSR count). The van der Waals surface area contributed by atoms with E-state index >= 15 is 0 Å². The molecule has 0 atom stereocenters. The number of carbonyl (C=O) groups is 1. The summed E-state index contributed by atoms with van der Waals surface area (Å²) < 4.78 is 40.7. The summed E-state index contributed by atoms with van der Waals surface area (Å²) in [5.74, 6) is 0.372. The second-order valence-electron chi connectivity index (χ2n) is 7.09. The zero-order valence-corrected chi connectivity index (χ0v) is 19.5. The first-order valence-electron chi connectivity index (χ1n) is 10.7. The van der Waals surface area contributed by atoms with Crippen molar-refractivity contribution in [2.75, 3.05) is 13.2 Å². The number of nitrogens with zero attached hydrogens (tertiary/aromatic N) is 3. The van der Waals surface area contributed by atoms with Crippen LogP contribution in [0.4, 0.5) is 8.78 Å². The van der Waals surface area contributed by atoms with Crippen molar-refractivity contribution in [1.29, 1.82) is 0 Å². The molecule has 1 aromatic heterocycles. The lowest BCUT2D eigenvalue weighted by Crippen LogP contribution is -2.29. The fourth-order valence-corrected chi connectivity index (χ4v) is 3.34. The quantitative estimate of drug-likeness (QED) is 0.313. The van der Waals surface area contributed by atoms with E-state index in [2.05, 4.69) is 14.9 Å². The fourth-order valence-electron chi connectivity index (χ4n) is 3.12. The molecule has 0 fully saturated rings. The van der Waals surface area contributed by atoms with Crippen LogP contribution in [0, 0.1) is 0 Å². The van der Waals surface area contributed by atoms with Gasteiger partial charge in [0.25, 0.3) is 0 Å². The van der Waals surface area contributed by atoms with Gasteiger partial charge in [0, 0.05) is 12.6 Å². The Morgan fingerprint density at radius 3 is 2.68 bits per heavy atom. The summed E-state index contributed by atoms with van der Waals surface area (Å²) in [7, 11) is 0. The summed E-state index contributed by atoms with van der Waals surface area (Å²) in [6, 6.07) is 11.6. The predicted octanol–water partition coefficient (Wildman–Crippen LogP) is 5.84. The van der Waals surface area contributed by atoms with Crippen LogP contribution in [0.2, 0.25) is 5.02 Å². The van der Waals surface area contributed by atoms with Crippen molar-refractivity contribution in [3.05, 3.63) is 65.0 Å². The SMILES string of the molecule is CCCN(Cc1nnc(-c2ccccc2Cl)o1)C(=O)/C=C/c1ccc(OC(F)F)c(OCC)c1. The van der Waals surface area contributed by atoms with Crippen molar-refractivity contribution in [1.82, 2.24) is 15.1 Å². The minimum absolute atomic E-state index is 0.0707. The van der Waals surface area contributed by atoms with Crippen LogP contribution in [0.1, 0.15) is 31.7 Å². The second-order valence-corrected chi connectivity index (χ2v) is 7.50.